The van der Waals surface area contributed by atoms with Gasteiger partial charge in [0.25, 0.3) is 0 Å². The lowest BCUT2D eigenvalue weighted by molar-refractivity contribution is -0.136. The molecule has 2 heterocycles. The highest BCUT2D eigenvalue weighted by atomic mass is 16.5. The van der Waals surface area contributed by atoms with Crippen molar-refractivity contribution in [2.45, 2.75) is 32.2 Å². The molecule has 1 aliphatic heterocycles. The predicted molar refractivity (Wildman–Crippen MR) is 123 cm³/mol. The molecule has 33 heavy (non-hydrogen) atoms. The van der Waals surface area contributed by atoms with Gasteiger partial charge >= 0.3 is 5.97 Å². The van der Waals surface area contributed by atoms with E-state index in [0.29, 0.717) is 42.3 Å². The zero-order chi connectivity index (χ0) is 22.9. The first-order valence-electron chi connectivity index (χ1n) is 11.3. The van der Waals surface area contributed by atoms with Gasteiger partial charge in [0.05, 0.1) is 19.6 Å². The average molecular weight is 447 g/mol. The number of carboxylic acids is 1. The standard InChI is InChI=1S/C25H26N4O4/c1-15-16(3-2-4-22(15)29-9-11-32-12-10-29)25-28-21-13-18-17(19(14-26)24(21)33-25)5-6-20(18)27-8-7-23(30)31/h2-4,13,20,27H,5-12H2,1H3,(H,30,31)/t20-/m1/s1. The molecular formula is C25H26N4O4. The summed E-state index contributed by atoms with van der Waals surface area (Å²) >= 11 is 0. The Labute approximate surface area is 191 Å². The van der Waals surface area contributed by atoms with Crippen molar-refractivity contribution in [2.75, 3.05) is 37.7 Å². The molecule has 1 aromatic heterocycles. The van der Waals surface area contributed by atoms with Crippen molar-refractivity contribution in [2.24, 2.45) is 0 Å². The van der Waals surface area contributed by atoms with E-state index in [0.717, 1.165) is 53.9 Å². The van der Waals surface area contributed by atoms with Crippen molar-refractivity contribution in [1.82, 2.24) is 10.3 Å². The van der Waals surface area contributed by atoms with E-state index in [2.05, 4.69) is 29.3 Å². The molecule has 2 N–H and O–H groups in total. The number of aliphatic carboxylic acids is 1. The number of fused-ring (bicyclic) bond motifs is 2. The smallest absolute Gasteiger partial charge is 0.304 e. The van der Waals surface area contributed by atoms with Crippen LogP contribution < -0.4 is 10.2 Å². The number of carbonyl (C=O) groups is 1. The molecule has 1 fully saturated rings. The van der Waals surface area contributed by atoms with Crippen molar-refractivity contribution in [3.05, 3.63) is 46.5 Å². The fourth-order valence-corrected chi connectivity index (χ4v) is 4.95. The first-order valence-corrected chi connectivity index (χ1v) is 11.3. The third kappa shape index (κ3) is 3.94. The summed E-state index contributed by atoms with van der Waals surface area (Å²) in [6.07, 6.45) is 1.64. The van der Waals surface area contributed by atoms with Crippen molar-refractivity contribution < 1.29 is 19.1 Å². The Morgan fingerprint density at radius 1 is 1.36 bits per heavy atom. The summed E-state index contributed by atoms with van der Waals surface area (Å²) in [5, 5.41) is 22.2. The normalized spacial score (nSPS) is 17.8. The number of nitrogens with zero attached hydrogens (tertiary/aromatic N) is 3. The van der Waals surface area contributed by atoms with Crippen LogP contribution >= 0.6 is 0 Å². The minimum atomic E-state index is -0.829. The molecule has 1 saturated heterocycles. The van der Waals surface area contributed by atoms with Crippen LogP contribution in [-0.4, -0.2) is 48.9 Å². The number of anilines is 1. The van der Waals surface area contributed by atoms with Gasteiger partial charge in [0, 0.05) is 36.9 Å². The molecule has 0 unspecified atom stereocenters. The number of morpholine rings is 1. The van der Waals surface area contributed by atoms with E-state index in [9.17, 15) is 10.1 Å². The highest BCUT2D eigenvalue weighted by Crippen LogP contribution is 2.40. The maximum absolute atomic E-state index is 10.9. The van der Waals surface area contributed by atoms with Gasteiger partial charge in [-0.3, -0.25) is 4.79 Å². The lowest BCUT2D eigenvalue weighted by Gasteiger charge is -2.30. The lowest BCUT2D eigenvalue weighted by Crippen LogP contribution is -2.36. The van der Waals surface area contributed by atoms with Crippen LogP contribution in [0.5, 0.6) is 0 Å². The van der Waals surface area contributed by atoms with Crippen LogP contribution in [0.25, 0.3) is 22.6 Å². The fourth-order valence-electron chi connectivity index (χ4n) is 4.95. The first-order chi connectivity index (χ1) is 16.1. The van der Waals surface area contributed by atoms with E-state index in [1.165, 1.54) is 0 Å². The molecule has 5 rings (SSSR count). The number of carboxylic acid groups (broad SMARTS) is 1. The summed E-state index contributed by atoms with van der Waals surface area (Å²) in [6, 6.07) is 10.5. The van der Waals surface area contributed by atoms with Gasteiger partial charge < -0.3 is 24.5 Å². The summed E-state index contributed by atoms with van der Waals surface area (Å²) in [5.41, 5.74) is 6.84. The van der Waals surface area contributed by atoms with Gasteiger partial charge in [-0.1, -0.05) is 6.07 Å². The summed E-state index contributed by atoms with van der Waals surface area (Å²) in [7, 11) is 0. The molecule has 0 amide bonds. The lowest BCUT2D eigenvalue weighted by atomic mass is 10.0. The second kappa shape index (κ2) is 8.85. The average Bonchev–Trinajstić information content (AvgIpc) is 3.42. The molecule has 170 valence electrons. The number of ether oxygens (including phenoxy) is 1. The van der Waals surface area contributed by atoms with E-state index in [-0.39, 0.29) is 12.5 Å². The Bertz CT molecular complexity index is 1250. The third-order valence-corrected chi connectivity index (χ3v) is 6.61. The van der Waals surface area contributed by atoms with E-state index >= 15 is 0 Å². The first kappa shape index (κ1) is 21.4. The number of hydrogen-bond acceptors (Lipinski definition) is 7. The Morgan fingerprint density at radius 3 is 2.94 bits per heavy atom. The molecule has 0 spiro atoms. The van der Waals surface area contributed by atoms with Crippen molar-refractivity contribution in [3.63, 3.8) is 0 Å². The van der Waals surface area contributed by atoms with Gasteiger partial charge in [-0.15, -0.1) is 0 Å². The van der Waals surface area contributed by atoms with Gasteiger partial charge in [0.15, 0.2) is 5.58 Å². The van der Waals surface area contributed by atoms with Gasteiger partial charge in [-0.05, 0) is 54.7 Å². The summed E-state index contributed by atoms with van der Waals surface area (Å²) < 4.78 is 11.7. The number of hydrogen-bond donors (Lipinski definition) is 2. The Hall–Kier alpha value is -3.41. The Morgan fingerprint density at radius 2 is 2.18 bits per heavy atom. The molecule has 2 aromatic carbocycles. The number of rotatable bonds is 6. The van der Waals surface area contributed by atoms with Crippen LogP contribution in [0.3, 0.4) is 0 Å². The second-order valence-corrected chi connectivity index (χ2v) is 8.54. The van der Waals surface area contributed by atoms with Crippen LogP contribution in [0, 0.1) is 18.3 Å². The third-order valence-electron chi connectivity index (χ3n) is 6.61. The van der Waals surface area contributed by atoms with E-state index in [4.69, 9.17) is 19.2 Å². The number of benzene rings is 2. The van der Waals surface area contributed by atoms with Crippen LogP contribution in [-0.2, 0) is 16.0 Å². The molecule has 8 nitrogen and oxygen atoms in total. The van der Waals surface area contributed by atoms with Crippen molar-refractivity contribution >= 4 is 22.8 Å². The molecule has 0 bridgehead atoms. The van der Waals surface area contributed by atoms with Crippen LogP contribution in [0.4, 0.5) is 5.69 Å². The molecule has 8 heteroatoms. The molecule has 0 radical (unpaired) electrons. The Balaban J connectivity index is 1.52. The molecule has 2 aliphatic rings. The van der Waals surface area contributed by atoms with E-state index in [1.807, 2.05) is 18.2 Å². The topological polar surface area (TPSA) is 112 Å². The van der Waals surface area contributed by atoms with Gasteiger partial charge in [-0.2, -0.15) is 5.26 Å². The Kier molecular flexibility index (Phi) is 5.75. The second-order valence-electron chi connectivity index (χ2n) is 8.54. The number of nitriles is 1. The fraction of sp³-hybridized carbons (Fsp3) is 0.400. The molecule has 3 aromatic rings. The molecule has 0 saturated carbocycles. The van der Waals surface area contributed by atoms with E-state index in [1.54, 1.807) is 0 Å². The van der Waals surface area contributed by atoms with Crippen molar-refractivity contribution in [3.8, 4) is 17.5 Å². The predicted octanol–water partition coefficient (Wildman–Crippen LogP) is 3.56. The summed E-state index contributed by atoms with van der Waals surface area (Å²) in [4.78, 5) is 18.0. The number of aromatic nitrogens is 1. The minimum Gasteiger partial charge on any atom is -0.481 e. The molecule has 1 aliphatic carbocycles. The zero-order valence-electron chi connectivity index (χ0n) is 18.6. The highest BCUT2D eigenvalue weighted by molar-refractivity contribution is 5.85. The zero-order valence-corrected chi connectivity index (χ0v) is 18.6. The summed E-state index contributed by atoms with van der Waals surface area (Å²) in [6.45, 7) is 5.58. The maximum Gasteiger partial charge on any atom is 0.304 e. The summed E-state index contributed by atoms with van der Waals surface area (Å²) in [5.74, 6) is -0.321. The van der Waals surface area contributed by atoms with Crippen LogP contribution in [0.2, 0.25) is 0 Å². The minimum absolute atomic E-state index is 0.0161. The molecule has 1 atom stereocenters. The number of nitrogens with one attached hydrogen (secondary N) is 1. The van der Waals surface area contributed by atoms with E-state index < -0.39 is 5.97 Å². The number of oxazole rings is 1. The van der Waals surface area contributed by atoms with Crippen LogP contribution in [0.15, 0.2) is 28.7 Å². The quantitative estimate of drug-likeness (QED) is 0.591. The highest BCUT2D eigenvalue weighted by Gasteiger charge is 2.29. The SMILES string of the molecule is Cc1c(-c2nc3cc4c(c(C#N)c3o2)CC[C@H]4NCCC(=O)O)cccc1N1CCOCC1. The monoisotopic (exact) mass is 446 g/mol. The maximum atomic E-state index is 10.9. The van der Waals surface area contributed by atoms with Gasteiger partial charge in [0.1, 0.15) is 17.1 Å². The van der Waals surface area contributed by atoms with Crippen molar-refractivity contribution in [1.29, 1.82) is 5.26 Å². The van der Waals surface area contributed by atoms with Crippen LogP contribution in [0.1, 0.15) is 41.1 Å². The van der Waals surface area contributed by atoms with Gasteiger partial charge in [-0.25, -0.2) is 4.98 Å². The largest absolute Gasteiger partial charge is 0.481 e. The van der Waals surface area contributed by atoms with Gasteiger partial charge in [0.2, 0.25) is 5.89 Å². The molecular weight excluding hydrogens is 420 g/mol.